The maximum atomic E-state index is 12.5. The molecule has 1 N–H and O–H groups in total. The normalized spacial score (nSPS) is 10.5. The number of aliphatic carboxylic acids is 1. The number of nitrogens with zero attached hydrogens (tertiary/aromatic N) is 3. The molecule has 1 aromatic heterocycles. The molecule has 0 bridgehead atoms. The van der Waals surface area contributed by atoms with Crippen LogP contribution in [0.4, 0.5) is 0 Å². The molecule has 0 saturated carbocycles. The monoisotopic (exact) mass is 331 g/mol. The standard InChI is InChI=1S/C17H21N3O4/c1-12-9-14(10-13(2)16(12)24-11-15(21)22)17(23)19(3)7-8-20-6-4-5-18-20/h4-6,9-10H,7-8,11H2,1-3H3,(H,21,22). The molecule has 0 spiro atoms. The summed E-state index contributed by atoms with van der Waals surface area (Å²) < 4.78 is 7.05. The average Bonchev–Trinajstić information content (AvgIpc) is 3.04. The molecular weight excluding hydrogens is 310 g/mol. The molecule has 0 radical (unpaired) electrons. The molecule has 2 aromatic rings. The Morgan fingerprint density at radius 1 is 1.29 bits per heavy atom. The minimum atomic E-state index is -1.03. The summed E-state index contributed by atoms with van der Waals surface area (Å²) in [5, 5.41) is 12.8. The van der Waals surface area contributed by atoms with Gasteiger partial charge in [-0.25, -0.2) is 4.79 Å². The van der Waals surface area contributed by atoms with Crippen LogP contribution in [-0.2, 0) is 11.3 Å². The summed E-state index contributed by atoms with van der Waals surface area (Å²) in [6.45, 7) is 4.34. The summed E-state index contributed by atoms with van der Waals surface area (Å²) in [7, 11) is 1.74. The van der Waals surface area contributed by atoms with Gasteiger partial charge in [0.25, 0.3) is 5.91 Å². The van der Waals surface area contributed by atoms with E-state index < -0.39 is 12.6 Å². The van der Waals surface area contributed by atoms with Gasteiger partial charge < -0.3 is 14.7 Å². The number of likely N-dealkylation sites (N-methyl/N-ethyl adjacent to an activating group) is 1. The van der Waals surface area contributed by atoms with Crippen molar-refractivity contribution >= 4 is 11.9 Å². The van der Waals surface area contributed by atoms with E-state index in [2.05, 4.69) is 5.10 Å². The van der Waals surface area contributed by atoms with Crippen LogP contribution < -0.4 is 4.74 Å². The highest BCUT2D eigenvalue weighted by atomic mass is 16.5. The van der Waals surface area contributed by atoms with E-state index in [-0.39, 0.29) is 5.91 Å². The number of carboxylic acids is 1. The van der Waals surface area contributed by atoms with Gasteiger partial charge in [0.15, 0.2) is 6.61 Å². The van der Waals surface area contributed by atoms with Crippen molar-refractivity contribution in [1.29, 1.82) is 0 Å². The molecule has 0 aliphatic carbocycles. The van der Waals surface area contributed by atoms with E-state index in [0.29, 0.717) is 24.4 Å². The molecule has 1 amide bonds. The number of carbonyl (C=O) groups excluding carboxylic acids is 1. The predicted octanol–water partition coefficient (Wildman–Crippen LogP) is 1.74. The summed E-state index contributed by atoms with van der Waals surface area (Å²) in [5.74, 6) is -0.626. The molecule has 7 heteroatoms. The number of benzene rings is 1. The topological polar surface area (TPSA) is 84.7 Å². The highest BCUT2D eigenvalue weighted by molar-refractivity contribution is 5.94. The van der Waals surface area contributed by atoms with Crippen molar-refractivity contribution in [1.82, 2.24) is 14.7 Å². The Bertz CT molecular complexity index is 702. The Labute approximate surface area is 140 Å². The number of carbonyl (C=O) groups is 2. The van der Waals surface area contributed by atoms with E-state index >= 15 is 0 Å². The van der Waals surface area contributed by atoms with Crippen LogP contribution in [0.25, 0.3) is 0 Å². The summed E-state index contributed by atoms with van der Waals surface area (Å²) >= 11 is 0. The molecular formula is C17H21N3O4. The van der Waals surface area contributed by atoms with Crippen molar-refractivity contribution in [3.05, 3.63) is 47.3 Å². The fourth-order valence-electron chi connectivity index (χ4n) is 2.44. The van der Waals surface area contributed by atoms with Crippen LogP contribution >= 0.6 is 0 Å². The molecule has 1 aromatic carbocycles. The van der Waals surface area contributed by atoms with Gasteiger partial charge in [-0.2, -0.15) is 5.10 Å². The van der Waals surface area contributed by atoms with Gasteiger partial charge in [0.1, 0.15) is 5.75 Å². The number of ether oxygens (including phenoxy) is 1. The lowest BCUT2D eigenvalue weighted by atomic mass is 10.0. The van der Waals surface area contributed by atoms with Gasteiger partial charge in [0.2, 0.25) is 0 Å². The number of carboxylic acid groups (broad SMARTS) is 1. The second-order valence-corrected chi connectivity index (χ2v) is 5.62. The van der Waals surface area contributed by atoms with E-state index in [9.17, 15) is 9.59 Å². The zero-order chi connectivity index (χ0) is 17.7. The molecule has 0 unspecified atom stereocenters. The molecule has 0 aliphatic rings. The van der Waals surface area contributed by atoms with E-state index in [1.807, 2.05) is 12.3 Å². The molecule has 2 rings (SSSR count). The molecule has 7 nitrogen and oxygen atoms in total. The van der Waals surface area contributed by atoms with Crippen LogP contribution in [0.3, 0.4) is 0 Å². The van der Waals surface area contributed by atoms with Gasteiger partial charge in [-0.05, 0) is 43.2 Å². The van der Waals surface area contributed by atoms with Crippen LogP contribution in [-0.4, -0.2) is 51.9 Å². The first-order valence-corrected chi connectivity index (χ1v) is 7.57. The third-order valence-corrected chi connectivity index (χ3v) is 3.62. The lowest BCUT2D eigenvalue weighted by molar-refractivity contribution is -0.139. The Hall–Kier alpha value is -2.83. The van der Waals surface area contributed by atoms with Crippen molar-refractivity contribution in [3.63, 3.8) is 0 Å². The van der Waals surface area contributed by atoms with Crippen molar-refractivity contribution in [3.8, 4) is 5.75 Å². The molecule has 24 heavy (non-hydrogen) atoms. The van der Waals surface area contributed by atoms with Gasteiger partial charge >= 0.3 is 5.97 Å². The first-order valence-electron chi connectivity index (χ1n) is 7.57. The Morgan fingerprint density at radius 3 is 2.50 bits per heavy atom. The highest BCUT2D eigenvalue weighted by Crippen LogP contribution is 2.25. The second-order valence-electron chi connectivity index (χ2n) is 5.62. The van der Waals surface area contributed by atoms with E-state index in [1.165, 1.54) is 0 Å². The number of aromatic nitrogens is 2. The van der Waals surface area contributed by atoms with E-state index in [0.717, 1.165) is 11.1 Å². The molecule has 0 saturated heterocycles. The molecule has 0 fully saturated rings. The molecule has 1 heterocycles. The zero-order valence-corrected chi connectivity index (χ0v) is 14.0. The SMILES string of the molecule is Cc1cc(C(=O)N(C)CCn2cccn2)cc(C)c1OCC(=O)O. The smallest absolute Gasteiger partial charge is 0.341 e. The lowest BCUT2D eigenvalue weighted by Gasteiger charge is -2.19. The van der Waals surface area contributed by atoms with E-state index in [1.54, 1.807) is 48.8 Å². The average molecular weight is 331 g/mol. The van der Waals surface area contributed by atoms with Crippen LogP contribution in [0.5, 0.6) is 5.75 Å². The van der Waals surface area contributed by atoms with Crippen LogP contribution in [0.2, 0.25) is 0 Å². The second kappa shape index (κ2) is 7.63. The van der Waals surface area contributed by atoms with Crippen molar-refractivity contribution in [2.45, 2.75) is 20.4 Å². The maximum Gasteiger partial charge on any atom is 0.341 e. The van der Waals surface area contributed by atoms with E-state index in [4.69, 9.17) is 9.84 Å². The fraction of sp³-hybridized carbons (Fsp3) is 0.353. The third-order valence-electron chi connectivity index (χ3n) is 3.62. The highest BCUT2D eigenvalue weighted by Gasteiger charge is 2.16. The van der Waals surface area contributed by atoms with Crippen LogP contribution in [0.1, 0.15) is 21.5 Å². The Kier molecular flexibility index (Phi) is 5.57. The van der Waals surface area contributed by atoms with Gasteiger partial charge in [0.05, 0.1) is 6.54 Å². The number of hydrogen-bond donors (Lipinski definition) is 1. The fourth-order valence-corrected chi connectivity index (χ4v) is 2.44. The molecule has 0 atom stereocenters. The van der Waals surface area contributed by atoms with Crippen molar-refractivity contribution < 1.29 is 19.4 Å². The Balaban J connectivity index is 2.07. The minimum absolute atomic E-state index is 0.0989. The largest absolute Gasteiger partial charge is 0.481 e. The molecule has 0 aliphatic heterocycles. The van der Waals surface area contributed by atoms with Crippen molar-refractivity contribution in [2.75, 3.05) is 20.2 Å². The Morgan fingerprint density at radius 2 is 1.96 bits per heavy atom. The van der Waals surface area contributed by atoms with Crippen molar-refractivity contribution in [2.24, 2.45) is 0 Å². The van der Waals surface area contributed by atoms with Gasteiger partial charge in [-0.1, -0.05) is 0 Å². The lowest BCUT2D eigenvalue weighted by Crippen LogP contribution is -2.30. The summed E-state index contributed by atoms with van der Waals surface area (Å²) in [4.78, 5) is 24.8. The summed E-state index contributed by atoms with van der Waals surface area (Å²) in [6.07, 6.45) is 3.55. The number of hydrogen-bond acceptors (Lipinski definition) is 4. The van der Waals surface area contributed by atoms with Gasteiger partial charge in [0, 0.05) is 31.5 Å². The molecule has 128 valence electrons. The van der Waals surface area contributed by atoms with Crippen LogP contribution in [0.15, 0.2) is 30.6 Å². The zero-order valence-electron chi connectivity index (χ0n) is 14.0. The first-order chi connectivity index (χ1) is 11.4. The summed E-state index contributed by atoms with van der Waals surface area (Å²) in [6, 6.07) is 5.28. The number of amides is 1. The van der Waals surface area contributed by atoms with Crippen LogP contribution in [0, 0.1) is 13.8 Å². The quantitative estimate of drug-likeness (QED) is 0.835. The predicted molar refractivity (Wildman–Crippen MR) is 88.2 cm³/mol. The number of rotatable bonds is 7. The minimum Gasteiger partial charge on any atom is -0.481 e. The maximum absolute atomic E-state index is 12.5. The number of aryl methyl sites for hydroxylation is 2. The van der Waals surface area contributed by atoms with Gasteiger partial charge in [-0.15, -0.1) is 0 Å². The third kappa shape index (κ3) is 4.34. The van der Waals surface area contributed by atoms with Gasteiger partial charge in [-0.3, -0.25) is 9.48 Å². The first kappa shape index (κ1) is 17.5. The summed E-state index contributed by atoms with van der Waals surface area (Å²) in [5.41, 5.74) is 2.02.